The van der Waals surface area contributed by atoms with Gasteiger partial charge in [-0.15, -0.1) is 0 Å². The molecule has 2 aromatic rings. The molecule has 1 aliphatic heterocycles. The lowest BCUT2D eigenvalue weighted by Gasteiger charge is -2.20. The number of carbonyl (C=O) groups excluding carboxylic acids is 1. The van der Waals surface area contributed by atoms with E-state index in [0.29, 0.717) is 18.8 Å². The molecule has 1 aliphatic rings. The van der Waals surface area contributed by atoms with Crippen molar-refractivity contribution in [1.29, 1.82) is 0 Å². The Bertz CT molecular complexity index is 632. The average molecular weight is 310 g/mol. The number of nitrogens with one attached hydrogen (secondary N) is 1. The van der Waals surface area contributed by atoms with Crippen LogP contribution in [0.3, 0.4) is 0 Å². The minimum absolute atomic E-state index is 0.0804. The van der Waals surface area contributed by atoms with Crippen LogP contribution >= 0.6 is 0 Å². The number of aryl methyl sites for hydroxylation is 1. The molecule has 0 spiro atoms. The van der Waals surface area contributed by atoms with Crippen LogP contribution in [0.2, 0.25) is 0 Å². The van der Waals surface area contributed by atoms with E-state index in [2.05, 4.69) is 51.5 Å². The van der Waals surface area contributed by atoms with Crippen molar-refractivity contribution < 1.29 is 4.79 Å². The highest BCUT2D eigenvalue weighted by molar-refractivity contribution is 5.76. The summed E-state index contributed by atoms with van der Waals surface area (Å²) in [5.74, 6) is 0.429. The predicted molar refractivity (Wildman–Crippen MR) is 89.0 cm³/mol. The molecule has 0 bridgehead atoms. The second-order valence-corrected chi connectivity index (χ2v) is 6.11. The highest BCUT2D eigenvalue weighted by Crippen LogP contribution is 2.26. The van der Waals surface area contributed by atoms with Crippen molar-refractivity contribution in [2.45, 2.75) is 24.8 Å². The molecular weight excluding hydrogens is 288 g/mol. The van der Waals surface area contributed by atoms with Gasteiger partial charge in [-0.05, 0) is 19.0 Å². The zero-order valence-corrected chi connectivity index (χ0v) is 13.4. The van der Waals surface area contributed by atoms with Gasteiger partial charge in [0.1, 0.15) is 0 Å². The van der Waals surface area contributed by atoms with Gasteiger partial charge in [-0.1, -0.05) is 30.3 Å². The van der Waals surface area contributed by atoms with Crippen molar-refractivity contribution in [2.24, 2.45) is 0 Å². The summed E-state index contributed by atoms with van der Waals surface area (Å²) in [6.07, 6.45) is 6.08. The van der Waals surface area contributed by atoms with Crippen LogP contribution in [0.5, 0.6) is 0 Å². The molecule has 3 rings (SSSR count). The second kappa shape index (κ2) is 7.33. The Morgan fingerprint density at radius 1 is 1.26 bits per heavy atom. The van der Waals surface area contributed by atoms with E-state index < -0.39 is 0 Å². The largest absolute Gasteiger partial charge is 0.351 e. The van der Waals surface area contributed by atoms with Crippen LogP contribution in [0.25, 0.3) is 0 Å². The van der Waals surface area contributed by atoms with Crippen LogP contribution in [0.4, 0.5) is 0 Å². The van der Waals surface area contributed by atoms with Crippen LogP contribution in [0.15, 0.2) is 48.9 Å². The first kappa shape index (κ1) is 15.6. The van der Waals surface area contributed by atoms with E-state index in [1.54, 1.807) is 18.6 Å². The summed E-state index contributed by atoms with van der Waals surface area (Å²) < 4.78 is 0. The quantitative estimate of drug-likeness (QED) is 0.912. The van der Waals surface area contributed by atoms with Crippen LogP contribution in [-0.2, 0) is 11.2 Å². The predicted octanol–water partition coefficient (Wildman–Crippen LogP) is 1.62. The monoisotopic (exact) mass is 310 g/mol. The van der Waals surface area contributed by atoms with Crippen LogP contribution in [0.1, 0.15) is 23.6 Å². The Morgan fingerprint density at radius 2 is 2.09 bits per heavy atom. The summed E-state index contributed by atoms with van der Waals surface area (Å²) in [6.45, 7) is 1.86. The highest BCUT2D eigenvalue weighted by atomic mass is 16.1. The Morgan fingerprint density at radius 3 is 2.83 bits per heavy atom. The summed E-state index contributed by atoms with van der Waals surface area (Å²) in [5.41, 5.74) is 2.14. The summed E-state index contributed by atoms with van der Waals surface area (Å²) in [6, 6.07) is 10.6. The number of amides is 1. The molecule has 2 atom stereocenters. The smallest absolute Gasteiger partial charge is 0.220 e. The third-order valence-corrected chi connectivity index (χ3v) is 4.30. The number of rotatable bonds is 5. The van der Waals surface area contributed by atoms with E-state index in [1.165, 1.54) is 5.56 Å². The fraction of sp³-hybridized carbons (Fsp3) is 0.389. The number of likely N-dealkylation sites (N-methyl/N-ethyl adjacent to an activating group) is 1. The van der Waals surface area contributed by atoms with E-state index in [-0.39, 0.29) is 11.9 Å². The minimum Gasteiger partial charge on any atom is -0.351 e. The number of hydrogen-bond donors (Lipinski definition) is 1. The Kier molecular flexibility index (Phi) is 4.98. The Hall–Kier alpha value is -2.27. The van der Waals surface area contributed by atoms with Crippen LogP contribution < -0.4 is 5.32 Å². The molecule has 0 saturated carbocycles. The molecule has 120 valence electrons. The zero-order valence-electron chi connectivity index (χ0n) is 13.4. The van der Waals surface area contributed by atoms with E-state index in [4.69, 9.17) is 0 Å². The van der Waals surface area contributed by atoms with Gasteiger partial charge in [-0.25, -0.2) is 0 Å². The molecule has 1 aromatic heterocycles. The average Bonchev–Trinajstić information content (AvgIpc) is 2.95. The molecule has 1 saturated heterocycles. The molecule has 0 aliphatic carbocycles. The lowest BCUT2D eigenvalue weighted by molar-refractivity contribution is -0.121. The maximum atomic E-state index is 12.3. The molecule has 1 amide bonds. The van der Waals surface area contributed by atoms with Crippen LogP contribution in [0, 0.1) is 0 Å². The van der Waals surface area contributed by atoms with Gasteiger partial charge in [-0.2, -0.15) is 0 Å². The maximum absolute atomic E-state index is 12.3. The van der Waals surface area contributed by atoms with E-state index in [1.807, 2.05) is 6.07 Å². The fourth-order valence-corrected chi connectivity index (χ4v) is 3.16. The third-order valence-electron chi connectivity index (χ3n) is 4.30. The number of carbonyl (C=O) groups is 1. The lowest BCUT2D eigenvalue weighted by atomic mass is 9.94. The van der Waals surface area contributed by atoms with Crippen molar-refractivity contribution in [1.82, 2.24) is 20.2 Å². The zero-order chi connectivity index (χ0) is 16.1. The summed E-state index contributed by atoms with van der Waals surface area (Å²) in [4.78, 5) is 22.8. The van der Waals surface area contributed by atoms with Crippen molar-refractivity contribution in [3.63, 3.8) is 0 Å². The van der Waals surface area contributed by atoms with E-state index in [0.717, 1.165) is 18.8 Å². The number of benzene rings is 1. The van der Waals surface area contributed by atoms with Gasteiger partial charge in [0.15, 0.2) is 0 Å². The van der Waals surface area contributed by atoms with Gasteiger partial charge >= 0.3 is 0 Å². The molecule has 5 nitrogen and oxygen atoms in total. The van der Waals surface area contributed by atoms with Gasteiger partial charge in [0.05, 0.1) is 5.69 Å². The summed E-state index contributed by atoms with van der Waals surface area (Å²) in [7, 11) is 2.10. The van der Waals surface area contributed by atoms with Gasteiger partial charge in [0, 0.05) is 50.1 Å². The van der Waals surface area contributed by atoms with Gasteiger partial charge < -0.3 is 10.2 Å². The molecule has 0 radical (unpaired) electrons. The molecular formula is C18H22N4O. The Labute approximate surface area is 136 Å². The van der Waals surface area contributed by atoms with Crippen molar-refractivity contribution in [2.75, 3.05) is 20.1 Å². The Balaban J connectivity index is 1.58. The minimum atomic E-state index is 0.0804. The van der Waals surface area contributed by atoms with E-state index in [9.17, 15) is 4.79 Å². The number of hydrogen-bond acceptors (Lipinski definition) is 4. The fourth-order valence-electron chi connectivity index (χ4n) is 3.16. The van der Waals surface area contributed by atoms with Gasteiger partial charge in [0.25, 0.3) is 0 Å². The SMILES string of the molecule is CN1C[C@@H](NC(=O)CCc2cnccn2)[C@H](c2ccccc2)C1. The maximum Gasteiger partial charge on any atom is 0.220 e. The van der Waals surface area contributed by atoms with Crippen molar-refractivity contribution in [3.8, 4) is 0 Å². The summed E-state index contributed by atoms with van der Waals surface area (Å²) in [5, 5.41) is 3.20. The first-order chi connectivity index (χ1) is 11.2. The number of likely N-dealkylation sites (tertiary alicyclic amines) is 1. The molecule has 0 unspecified atom stereocenters. The van der Waals surface area contributed by atoms with Crippen LogP contribution in [-0.4, -0.2) is 47.0 Å². The van der Waals surface area contributed by atoms with E-state index >= 15 is 0 Å². The molecule has 5 heteroatoms. The summed E-state index contributed by atoms with van der Waals surface area (Å²) >= 11 is 0. The van der Waals surface area contributed by atoms with Crippen molar-refractivity contribution >= 4 is 5.91 Å². The first-order valence-corrected chi connectivity index (χ1v) is 8.00. The molecule has 23 heavy (non-hydrogen) atoms. The molecule has 1 aromatic carbocycles. The normalized spacial score (nSPS) is 21.3. The molecule has 2 heterocycles. The lowest BCUT2D eigenvalue weighted by Crippen LogP contribution is -2.39. The number of aromatic nitrogens is 2. The van der Waals surface area contributed by atoms with Crippen molar-refractivity contribution in [3.05, 3.63) is 60.2 Å². The first-order valence-electron chi connectivity index (χ1n) is 8.00. The van der Waals surface area contributed by atoms with Gasteiger partial charge in [-0.3, -0.25) is 14.8 Å². The van der Waals surface area contributed by atoms with Gasteiger partial charge in [0.2, 0.25) is 5.91 Å². The second-order valence-electron chi connectivity index (χ2n) is 6.11. The molecule has 1 fully saturated rings. The topological polar surface area (TPSA) is 58.1 Å². The third kappa shape index (κ3) is 4.13. The number of nitrogens with zero attached hydrogens (tertiary/aromatic N) is 3. The standard InChI is InChI=1S/C18H22N4O/c1-22-12-16(14-5-3-2-4-6-14)17(13-22)21-18(23)8-7-15-11-19-9-10-20-15/h2-6,9-11,16-17H,7-8,12-13H2,1H3,(H,21,23)/t16-,17+/m0/s1. The highest BCUT2D eigenvalue weighted by Gasteiger charge is 2.32. The molecule has 1 N–H and O–H groups in total.